The number of fused-ring (bicyclic) bond motifs is 1. The molecule has 1 unspecified atom stereocenters. The first kappa shape index (κ1) is 9.38. The third-order valence-electron chi connectivity index (χ3n) is 2.74. The van der Waals surface area contributed by atoms with Crippen molar-refractivity contribution in [2.75, 3.05) is 11.9 Å². The first-order chi connectivity index (χ1) is 6.68. The van der Waals surface area contributed by atoms with Crippen molar-refractivity contribution >= 4 is 5.69 Å². The van der Waals surface area contributed by atoms with Gasteiger partial charge in [-0.1, -0.05) is 26.0 Å². The van der Waals surface area contributed by atoms with Crippen LogP contribution in [0.4, 0.5) is 5.69 Å². The average molecular weight is 191 g/mol. The molecular weight excluding hydrogens is 174 g/mol. The van der Waals surface area contributed by atoms with Gasteiger partial charge in [0.15, 0.2) is 0 Å². The number of hydrogen-bond acceptors (Lipinski definition) is 2. The molecule has 0 bridgehead atoms. The highest BCUT2D eigenvalue weighted by Gasteiger charge is 2.22. The van der Waals surface area contributed by atoms with Crippen LogP contribution in [-0.2, 0) is 0 Å². The van der Waals surface area contributed by atoms with E-state index in [-0.39, 0.29) is 0 Å². The Balaban J connectivity index is 2.27. The van der Waals surface area contributed by atoms with Gasteiger partial charge < -0.3 is 10.1 Å². The summed E-state index contributed by atoms with van der Waals surface area (Å²) in [4.78, 5) is 0. The van der Waals surface area contributed by atoms with Crippen LogP contribution < -0.4 is 10.1 Å². The molecular formula is C12H17NO. The number of hydrogen-bond donors (Lipinski definition) is 1. The van der Waals surface area contributed by atoms with Crippen LogP contribution in [0.2, 0.25) is 0 Å². The molecule has 0 saturated heterocycles. The van der Waals surface area contributed by atoms with Gasteiger partial charge in [-0.15, -0.1) is 0 Å². The van der Waals surface area contributed by atoms with Crippen molar-refractivity contribution in [2.45, 2.75) is 26.9 Å². The topological polar surface area (TPSA) is 21.3 Å². The van der Waals surface area contributed by atoms with Gasteiger partial charge in [-0.25, -0.2) is 0 Å². The largest absolute Gasteiger partial charge is 0.486 e. The second-order valence-electron chi connectivity index (χ2n) is 4.23. The number of rotatable bonds is 1. The predicted octanol–water partition coefficient (Wildman–Crippen LogP) is 2.82. The van der Waals surface area contributed by atoms with Crippen molar-refractivity contribution in [2.24, 2.45) is 5.92 Å². The molecule has 1 atom stereocenters. The highest BCUT2D eigenvalue weighted by Crippen LogP contribution is 2.33. The molecule has 2 nitrogen and oxygen atoms in total. The summed E-state index contributed by atoms with van der Waals surface area (Å²) in [5.74, 6) is 1.55. The summed E-state index contributed by atoms with van der Waals surface area (Å²) in [6, 6.07) is 6.17. The molecule has 76 valence electrons. The van der Waals surface area contributed by atoms with Crippen LogP contribution in [0.1, 0.15) is 19.4 Å². The summed E-state index contributed by atoms with van der Waals surface area (Å²) in [5.41, 5.74) is 2.41. The van der Waals surface area contributed by atoms with E-state index in [1.165, 1.54) is 5.56 Å². The highest BCUT2D eigenvalue weighted by molar-refractivity contribution is 5.62. The molecule has 0 fully saturated rings. The zero-order valence-corrected chi connectivity index (χ0v) is 9.00. The zero-order chi connectivity index (χ0) is 10.1. The lowest BCUT2D eigenvalue weighted by atomic mass is 10.0. The Kier molecular flexibility index (Phi) is 2.36. The van der Waals surface area contributed by atoms with E-state index in [0.717, 1.165) is 18.0 Å². The van der Waals surface area contributed by atoms with E-state index < -0.39 is 0 Å². The van der Waals surface area contributed by atoms with Gasteiger partial charge >= 0.3 is 0 Å². The minimum absolute atomic E-state index is 0.296. The molecule has 1 heterocycles. The smallest absolute Gasteiger partial charge is 0.143 e. The van der Waals surface area contributed by atoms with Gasteiger partial charge in [-0.05, 0) is 24.5 Å². The lowest BCUT2D eigenvalue weighted by molar-refractivity contribution is 0.156. The number of aryl methyl sites for hydroxylation is 1. The summed E-state index contributed by atoms with van der Waals surface area (Å²) < 4.78 is 5.91. The Hall–Kier alpha value is -1.18. The fourth-order valence-corrected chi connectivity index (χ4v) is 1.74. The maximum Gasteiger partial charge on any atom is 0.143 e. The Morgan fingerprint density at radius 3 is 2.93 bits per heavy atom. The molecule has 0 spiro atoms. The van der Waals surface area contributed by atoms with Crippen molar-refractivity contribution in [1.29, 1.82) is 0 Å². The summed E-state index contributed by atoms with van der Waals surface area (Å²) in [5, 5.41) is 3.44. The van der Waals surface area contributed by atoms with E-state index in [2.05, 4.69) is 32.2 Å². The first-order valence-electron chi connectivity index (χ1n) is 5.18. The average Bonchev–Trinajstić information content (AvgIpc) is 2.17. The van der Waals surface area contributed by atoms with E-state index in [1.54, 1.807) is 0 Å². The fourth-order valence-electron chi connectivity index (χ4n) is 1.74. The van der Waals surface area contributed by atoms with Gasteiger partial charge in [0.1, 0.15) is 11.9 Å². The van der Waals surface area contributed by atoms with Gasteiger partial charge in [0.2, 0.25) is 0 Å². The number of benzene rings is 1. The second kappa shape index (κ2) is 3.52. The molecule has 1 aromatic rings. The van der Waals surface area contributed by atoms with E-state index >= 15 is 0 Å². The van der Waals surface area contributed by atoms with Gasteiger partial charge in [0.25, 0.3) is 0 Å². The van der Waals surface area contributed by atoms with Crippen LogP contribution in [0, 0.1) is 12.8 Å². The van der Waals surface area contributed by atoms with Crippen LogP contribution >= 0.6 is 0 Å². The van der Waals surface area contributed by atoms with Crippen LogP contribution in [0.3, 0.4) is 0 Å². The fraction of sp³-hybridized carbons (Fsp3) is 0.500. The molecule has 14 heavy (non-hydrogen) atoms. The number of ether oxygens (including phenoxy) is 1. The molecule has 0 aliphatic carbocycles. The van der Waals surface area contributed by atoms with Crippen LogP contribution in [0.15, 0.2) is 18.2 Å². The molecule has 0 saturated carbocycles. The van der Waals surface area contributed by atoms with E-state index in [0.29, 0.717) is 12.0 Å². The van der Waals surface area contributed by atoms with Gasteiger partial charge in [-0.2, -0.15) is 0 Å². The second-order valence-corrected chi connectivity index (χ2v) is 4.23. The summed E-state index contributed by atoms with van der Waals surface area (Å²) in [7, 11) is 0. The molecule has 2 rings (SSSR count). The highest BCUT2D eigenvalue weighted by atomic mass is 16.5. The predicted molar refractivity (Wildman–Crippen MR) is 58.9 cm³/mol. The summed E-state index contributed by atoms with van der Waals surface area (Å²) >= 11 is 0. The van der Waals surface area contributed by atoms with Crippen LogP contribution in [0.5, 0.6) is 5.75 Å². The Bertz CT molecular complexity index is 333. The van der Waals surface area contributed by atoms with Gasteiger partial charge in [-0.3, -0.25) is 0 Å². The third-order valence-corrected chi connectivity index (χ3v) is 2.74. The Labute approximate surface area is 85.3 Å². The summed E-state index contributed by atoms with van der Waals surface area (Å²) in [6.07, 6.45) is 0.296. The first-order valence-corrected chi connectivity index (χ1v) is 5.18. The lowest BCUT2D eigenvalue weighted by Gasteiger charge is -2.30. The summed E-state index contributed by atoms with van der Waals surface area (Å²) in [6.45, 7) is 7.39. The van der Waals surface area contributed by atoms with Gasteiger partial charge in [0.05, 0.1) is 12.2 Å². The Morgan fingerprint density at radius 1 is 1.43 bits per heavy atom. The number of nitrogens with one attached hydrogen (secondary N) is 1. The lowest BCUT2D eigenvalue weighted by Crippen LogP contribution is -2.35. The molecule has 0 aromatic heterocycles. The molecule has 1 aromatic carbocycles. The van der Waals surface area contributed by atoms with Crippen molar-refractivity contribution in [3.05, 3.63) is 23.8 Å². The minimum Gasteiger partial charge on any atom is -0.486 e. The number of para-hydroxylation sites is 1. The quantitative estimate of drug-likeness (QED) is 0.737. The monoisotopic (exact) mass is 191 g/mol. The zero-order valence-electron chi connectivity index (χ0n) is 9.00. The van der Waals surface area contributed by atoms with Crippen molar-refractivity contribution in [1.82, 2.24) is 0 Å². The molecule has 2 heteroatoms. The van der Waals surface area contributed by atoms with E-state index in [1.807, 2.05) is 12.1 Å². The van der Waals surface area contributed by atoms with Crippen molar-refractivity contribution < 1.29 is 4.74 Å². The van der Waals surface area contributed by atoms with E-state index in [9.17, 15) is 0 Å². The maximum absolute atomic E-state index is 5.91. The normalized spacial score (nSPS) is 19.9. The molecule has 1 N–H and O–H groups in total. The maximum atomic E-state index is 5.91. The SMILES string of the molecule is Cc1cccc2c1NCC(C(C)C)O2. The molecule has 1 aliphatic rings. The molecule has 0 amide bonds. The van der Waals surface area contributed by atoms with E-state index in [4.69, 9.17) is 4.74 Å². The van der Waals surface area contributed by atoms with Crippen LogP contribution in [-0.4, -0.2) is 12.6 Å². The minimum atomic E-state index is 0.296. The molecule has 1 aliphatic heterocycles. The number of anilines is 1. The molecule has 0 radical (unpaired) electrons. The standard InChI is InChI=1S/C12H17NO/c1-8(2)11-7-13-12-9(3)5-4-6-10(12)14-11/h4-6,8,11,13H,7H2,1-3H3. The third kappa shape index (κ3) is 1.57. The van der Waals surface area contributed by atoms with Crippen LogP contribution in [0.25, 0.3) is 0 Å². The van der Waals surface area contributed by atoms with Crippen molar-refractivity contribution in [3.8, 4) is 5.75 Å². The van der Waals surface area contributed by atoms with Crippen molar-refractivity contribution in [3.63, 3.8) is 0 Å². The van der Waals surface area contributed by atoms with Gasteiger partial charge in [0, 0.05) is 0 Å². The Morgan fingerprint density at radius 2 is 2.21 bits per heavy atom.